The summed E-state index contributed by atoms with van der Waals surface area (Å²) in [6.07, 6.45) is 0. The van der Waals surface area contributed by atoms with Crippen LogP contribution in [-0.2, 0) is 0 Å². The van der Waals surface area contributed by atoms with Gasteiger partial charge in [-0.1, -0.05) is 56.3 Å². The summed E-state index contributed by atoms with van der Waals surface area (Å²) in [5.41, 5.74) is 3.43. The number of aromatic nitrogens is 1. The molecule has 0 aliphatic carbocycles. The van der Waals surface area contributed by atoms with Crippen molar-refractivity contribution in [2.24, 2.45) is 0 Å². The molecule has 0 radical (unpaired) electrons. The van der Waals surface area contributed by atoms with Crippen molar-refractivity contribution >= 4 is 22.7 Å². The molecule has 0 bridgehead atoms. The maximum Gasteiger partial charge on any atom is 0.296 e. The van der Waals surface area contributed by atoms with Gasteiger partial charge in [-0.2, -0.15) is 0 Å². The van der Waals surface area contributed by atoms with Crippen molar-refractivity contribution in [1.82, 2.24) is 4.98 Å². The number of amides is 1. The summed E-state index contributed by atoms with van der Waals surface area (Å²) in [5.74, 6) is 0.617. The minimum absolute atomic E-state index is 0.0879. The summed E-state index contributed by atoms with van der Waals surface area (Å²) in [4.78, 5) is 33.2. The Balaban J connectivity index is 1.78. The second-order valence-corrected chi connectivity index (χ2v) is 8.21. The molecule has 0 fully saturated rings. The fraction of sp³-hybridized carbons (Fsp3) is 0.192. The number of aryl methyl sites for hydroxylation is 1. The molecule has 0 N–H and O–H groups in total. The highest BCUT2D eigenvalue weighted by Gasteiger charge is 2.44. The van der Waals surface area contributed by atoms with E-state index in [4.69, 9.17) is 4.42 Å². The van der Waals surface area contributed by atoms with Crippen LogP contribution in [0.25, 0.3) is 11.0 Å². The van der Waals surface area contributed by atoms with Gasteiger partial charge in [-0.15, -0.1) is 0 Å². The first-order chi connectivity index (χ1) is 15.0. The van der Waals surface area contributed by atoms with Crippen LogP contribution in [0.1, 0.15) is 58.7 Å². The summed E-state index contributed by atoms with van der Waals surface area (Å²) < 4.78 is 5.97. The highest BCUT2D eigenvalue weighted by atomic mass is 16.3. The molecule has 5 nitrogen and oxygen atoms in total. The lowest BCUT2D eigenvalue weighted by atomic mass is 9.95. The number of hydrogen-bond acceptors (Lipinski definition) is 4. The Kier molecular flexibility index (Phi) is 4.47. The number of anilines is 1. The molecule has 1 amide bonds. The smallest absolute Gasteiger partial charge is 0.296 e. The van der Waals surface area contributed by atoms with Crippen molar-refractivity contribution in [3.8, 4) is 0 Å². The van der Waals surface area contributed by atoms with E-state index in [1.807, 2.05) is 43.3 Å². The number of nitrogens with zero attached hydrogens (tertiary/aromatic N) is 2. The van der Waals surface area contributed by atoms with Crippen molar-refractivity contribution < 1.29 is 9.21 Å². The van der Waals surface area contributed by atoms with Crippen LogP contribution in [0.4, 0.5) is 5.82 Å². The molecule has 1 atom stereocenters. The van der Waals surface area contributed by atoms with Crippen LogP contribution < -0.4 is 10.3 Å². The first kappa shape index (κ1) is 19.2. The van der Waals surface area contributed by atoms with E-state index >= 15 is 0 Å². The molecule has 2 aromatic carbocycles. The maximum atomic E-state index is 13.5. The lowest BCUT2D eigenvalue weighted by Gasteiger charge is -2.24. The van der Waals surface area contributed by atoms with Crippen molar-refractivity contribution in [1.29, 1.82) is 0 Å². The van der Waals surface area contributed by atoms with Crippen molar-refractivity contribution in [2.75, 3.05) is 4.90 Å². The van der Waals surface area contributed by atoms with E-state index < -0.39 is 6.04 Å². The summed E-state index contributed by atoms with van der Waals surface area (Å²) in [6.45, 7) is 6.14. The standard InChI is InChI=1S/C26H22N2O3/c1-15(2)17-11-13-18(14-12-17)23-22-24(29)19-8-4-5-9-20(19)31-25(22)26(30)28(23)21-10-6-7-16(3)27-21/h4-15,23H,1-3H3. The van der Waals surface area contributed by atoms with Gasteiger partial charge in [-0.05, 0) is 48.2 Å². The molecule has 0 spiro atoms. The molecule has 31 heavy (non-hydrogen) atoms. The molecule has 1 unspecified atom stereocenters. The minimum Gasteiger partial charge on any atom is -0.450 e. The van der Waals surface area contributed by atoms with Gasteiger partial charge in [0.15, 0.2) is 5.43 Å². The largest absolute Gasteiger partial charge is 0.450 e. The molecule has 2 aromatic heterocycles. The van der Waals surface area contributed by atoms with E-state index in [1.165, 1.54) is 5.56 Å². The minimum atomic E-state index is -0.598. The van der Waals surface area contributed by atoms with Crippen LogP contribution in [0.2, 0.25) is 0 Å². The molecule has 1 aliphatic heterocycles. The number of benzene rings is 2. The van der Waals surface area contributed by atoms with Gasteiger partial charge in [0.1, 0.15) is 11.4 Å². The third-order valence-corrected chi connectivity index (χ3v) is 5.82. The number of pyridine rings is 1. The summed E-state index contributed by atoms with van der Waals surface area (Å²) in [7, 11) is 0. The molecule has 3 heterocycles. The second-order valence-electron chi connectivity index (χ2n) is 8.21. The van der Waals surface area contributed by atoms with Gasteiger partial charge in [0, 0.05) is 5.69 Å². The van der Waals surface area contributed by atoms with Crippen LogP contribution in [0.3, 0.4) is 0 Å². The average molecular weight is 410 g/mol. The van der Waals surface area contributed by atoms with Crippen molar-refractivity contribution in [3.63, 3.8) is 0 Å². The zero-order valence-corrected chi connectivity index (χ0v) is 17.6. The SMILES string of the molecule is Cc1cccc(N2C(=O)c3oc4ccccc4c(=O)c3C2c2ccc(C(C)C)cc2)n1. The number of fused-ring (bicyclic) bond motifs is 2. The van der Waals surface area contributed by atoms with Crippen LogP contribution >= 0.6 is 0 Å². The molecule has 4 aromatic rings. The van der Waals surface area contributed by atoms with Gasteiger partial charge in [0.25, 0.3) is 5.91 Å². The highest BCUT2D eigenvalue weighted by Crippen LogP contribution is 2.40. The molecule has 5 rings (SSSR count). The molecule has 5 heteroatoms. The molecular formula is C26H22N2O3. The average Bonchev–Trinajstić information content (AvgIpc) is 3.06. The molecule has 154 valence electrons. The van der Waals surface area contributed by atoms with Crippen molar-refractivity contribution in [2.45, 2.75) is 32.7 Å². The first-order valence-corrected chi connectivity index (χ1v) is 10.4. The molecule has 0 saturated heterocycles. The quantitative estimate of drug-likeness (QED) is 0.455. The zero-order valence-electron chi connectivity index (χ0n) is 17.6. The van der Waals surface area contributed by atoms with Gasteiger partial charge in [0.05, 0.1) is 17.0 Å². The monoisotopic (exact) mass is 410 g/mol. The molecular weight excluding hydrogens is 388 g/mol. The Morgan fingerprint density at radius 3 is 2.39 bits per heavy atom. The molecule has 0 saturated carbocycles. The van der Waals surface area contributed by atoms with Gasteiger partial charge < -0.3 is 4.42 Å². The third-order valence-electron chi connectivity index (χ3n) is 5.82. The molecule has 1 aliphatic rings. The maximum absolute atomic E-state index is 13.5. The summed E-state index contributed by atoms with van der Waals surface area (Å²) in [6, 6.07) is 20.0. The summed E-state index contributed by atoms with van der Waals surface area (Å²) >= 11 is 0. The van der Waals surface area contributed by atoms with Crippen molar-refractivity contribution in [3.05, 3.63) is 105 Å². The Morgan fingerprint density at radius 2 is 1.68 bits per heavy atom. The zero-order chi connectivity index (χ0) is 21.7. The number of carbonyl (C=O) groups excluding carboxylic acids is 1. The number of rotatable bonds is 3. The van der Waals surface area contributed by atoms with E-state index in [2.05, 4.69) is 18.8 Å². The number of para-hydroxylation sites is 1. The Labute approximate surface area is 180 Å². The Hall–Kier alpha value is -3.73. The lowest BCUT2D eigenvalue weighted by Crippen LogP contribution is -2.30. The van der Waals surface area contributed by atoms with Gasteiger partial charge in [-0.3, -0.25) is 14.5 Å². The fourth-order valence-corrected chi connectivity index (χ4v) is 4.20. The Morgan fingerprint density at radius 1 is 0.935 bits per heavy atom. The van der Waals surface area contributed by atoms with E-state index in [0.29, 0.717) is 28.3 Å². The van der Waals surface area contributed by atoms with Gasteiger partial charge in [-0.25, -0.2) is 4.98 Å². The second kappa shape index (κ2) is 7.20. The van der Waals surface area contributed by atoms with Crippen LogP contribution in [0.15, 0.2) is 75.9 Å². The van der Waals surface area contributed by atoms with E-state index in [1.54, 1.807) is 35.2 Å². The Bertz CT molecular complexity index is 1370. The predicted molar refractivity (Wildman–Crippen MR) is 121 cm³/mol. The topological polar surface area (TPSA) is 63.4 Å². The normalized spacial score (nSPS) is 15.7. The van der Waals surface area contributed by atoms with E-state index in [0.717, 1.165) is 11.3 Å². The van der Waals surface area contributed by atoms with Crippen LogP contribution in [-0.4, -0.2) is 10.9 Å². The highest BCUT2D eigenvalue weighted by molar-refractivity contribution is 6.10. The van der Waals surface area contributed by atoms with Crippen LogP contribution in [0, 0.1) is 6.92 Å². The van der Waals surface area contributed by atoms with Gasteiger partial charge >= 0.3 is 0 Å². The first-order valence-electron chi connectivity index (χ1n) is 10.4. The van der Waals surface area contributed by atoms with E-state index in [9.17, 15) is 9.59 Å². The van der Waals surface area contributed by atoms with E-state index in [-0.39, 0.29) is 17.1 Å². The van der Waals surface area contributed by atoms with Gasteiger partial charge in [0.2, 0.25) is 5.76 Å². The fourth-order valence-electron chi connectivity index (χ4n) is 4.20. The van der Waals surface area contributed by atoms with Crippen LogP contribution in [0.5, 0.6) is 0 Å². The predicted octanol–water partition coefficient (Wildman–Crippen LogP) is 5.37. The number of carbonyl (C=O) groups is 1. The number of hydrogen-bond donors (Lipinski definition) is 0. The summed E-state index contributed by atoms with van der Waals surface area (Å²) in [5, 5.41) is 0.469. The lowest BCUT2D eigenvalue weighted by molar-refractivity contribution is 0.0970. The third kappa shape index (κ3) is 3.05.